The molecule has 2 aromatic carbocycles. The van der Waals surface area contributed by atoms with Crippen molar-refractivity contribution < 1.29 is 9.72 Å². The van der Waals surface area contributed by atoms with E-state index in [1.807, 2.05) is 30.3 Å². The molecule has 0 saturated carbocycles. The molecule has 2 aromatic rings. The molecule has 0 aliphatic carbocycles. The molecule has 0 bridgehead atoms. The molecule has 3 rings (SSSR count). The molecule has 1 saturated heterocycles. The predicted octanol–water partition coefficient (Wildman–Crippen LogP) is 4.70. The maximum Gasteiger partial charge on any atom is 0.293 e. The van der Waals surface area contributed by atoms with Crippen molar-refractivity contribution in [2.24, 2.45) is 0 Å². The summed E-state index contributed by atoms with van der Waals surface area (Å²) in [6.45, 7) is 3.58. The Bertz CT molecular complexity index is 884. The van der Waals surface area contributed by atoms with E-state index in [9.17, 15) is 14.9 Å². The number of hydrogen-bond donors (Lipinski definition) is 1. The van der Waals surface area contributed by atoms with Gasteiger partial charge in [-0.1, -0.05) is 60.4 Å². The van der Waals surface area contributed by atoms with Gasteiger partial charge in [0.15, 0.2) is 0 Å². The second kappa shape index (κ2) is 9.16. The molecule has 1 fully saturated rings. The van der Waals surface area contributed by atoms with Crippen molar-refractivity contribution in [3.05, 3.63) is 69.8 Å². The van der Waals surface area contributed by atoms with Crippen LogP contribution in [0.5, 0.6) is 0 Å². The van der Waals surface area contributed by atoms with Gasteiger partial charge in [0.1, 0.15) is 15.3 Å². The van der Waals surface area contributed by atoms with Crippen molar-refractivity contribution in [1.82, 2.24) is 4.90 Å². The summed E-state index contributed by atoms with van der Waals surface area (Å²) in [4.78, 5) is 26.1. The average Bonchev–Trinajstić information content (AvgIpc) is 3.22. The van der Waals surface area contributed by atoms with Crippen LogP contribution in [0.3, 0.4) is 0 Å². The standard InChI is InChI=1S/C20H21N3O3S2/c1-14-9-10-16(17(13-14)23(25)26)21-19(24)18(15-7-3-2-4-8-15)28-20(27)22-11-5-6-12-22/h2-4,7-10,13,18H,5-6,11-12H2,1H3,(H,21,24)/t18-/m0/s1. The van der Waals surface area contributed by atoms with E-state index in [0.717, 1.165) is 37.1 Å². The number of likely N-dealkylation sites (tertiary alicyclic amines) is 1. The Morgan fingerprint density at radius 1 is 1.21 bits per heavy atom. The van der Waals surface area contributed by atoms with E-state index in [2.05, 4.69) is 10.2 Å². The Morgan fingerprint density at radius 2 is 1.89 bits per heavy atom. The molecular formula is C20H21N3O3S2. The molecule has 1 atom stereocenters. The van der Waals surface area contributed by atoms with Gasteiger partial charge in [-0.25, -0.2) is 0 Å². The van der Waals surface area contributed by atoms with Gasteiger partial charge in [-0.05, 0) is 37.0 Å². The van der Waals surface area contributed by atoms with Crippen LogP contribution < -0.4 is 5.32 Å². The minimum absolute atomic E-state index is 0.118. The number of amides is 1. The summed E-state index contributed by atoms with van der Waals surface area (Å²) in [6, 6.07) is 14.1. The van der Waals surface area contributed by atoms with Crippen LogP contribution in [-0.2, 0) is 4.79 Å². The lowest BCUT2D eigenvalue weighted by Crippen LogP contribution is -2.27. The largest absolute Gasteiger partial charge is 0.357 e. The third-order valence-corrected chi connectivity index (χ3v) is 6.26. The van der Waals surface area contributed by atoms with Crippen LogP contribution in [0.2, 0.25) is 0 Å². The lowest BCUT2D eigenvalue weighted by Gasteiger charge is -2.22. The number of nitro benzene ring substituents is 1. The average molecular weight is 416 g/mol. The van der Waals surface area contributed by atoms with Crippen LogP contribution in [0.4, 0.5) is 11.4 Å². The Labute approximate surface area is 173 Å². The van der Waals surface area contributed by atoms with Crippen LogP contribution >= 0.6 is 24.0 Å². The molecule has 0 aromatic heterocycles. The van der Waals surface area contributed by atoms with Crippen molar-refractivity contribution in [3.8, 4) is 0 Å². The van der Waals surface area contributed by atoms with Gasteiger partial charge in [-0.2, -0.15) is 0 Å². The van der Waals surface area contributed by atoms with Gasteiger partial charge in [0.25, 0.3) is 5.69 Å². The maximum atomic E-state index is 13.1. The third kappa shape index (κ3) is 4.88. The van der Waals surface area contributed by atoms with Crippen molar-refractivity contribution in [2.75, 3.05) is 18.4 Å². The topological polar surface area (TPSA) is 75.5 Å². The minimum atomic E-state index is -0.588. The smallest absolute Gasteiger partial charge is 0.293 e. The number of thioether (sulfide) groups is 1. The summed E-state index contributed by atoms with van der Waals surface area (Å²) in [7, 11) is 0. The van der Waals surface area contributed by atoms with E-state index in [0.29, 0.717) is 4.32 Å². The molecule has 1 N–H and O–H groups in total. The number of rotatable bonds is 5. The van der Waals surface area contributed by atoms with Gasteiger partial charge in [-0.3, -0.25) is 14.9 Å². The van der Waals surface area contributed by atoms with Gasteiger partial charge in [0.2, 0.25) is 5.91 Å². The Morgan fingerprint density at radius 3 is 2.54 bits per heavy atom. The number of carbonyl (C=O) groups excluding carboxylic acids is 1. The molecule has 0 radical (unpaired) electrons. The summed E-state index contributed by atoms with van der Waals surface area (Å²) in [5, 5.41) is 13.5. The minimum Gasteiger partial charge on any atom is -0.357 e. The highest BCUT2D eigenvalue weighted by Crippen LogP contribution is 2.35. The molecule has 1 heterocycles. The number of carbonyl (C=O) groups is 1. The fourth-order valence-electron chi connectivity index (χ4n) is 3.07. The zero-order valence-corrected chi connectivity index (χ0v) is 17.1. The summed E-state index contributed by atoms with van der Waals surface area (Å²) in [5.74, 6) is -0.329. The SMILES string of the molecule is Cc1ccc(NC(=O)[C@@H](SC(=S)N2CCCC2)c2ccccc2)c([N+](=O)[O-])c1. The molecule has 146 valence electrons. The van der Waals surface area contributed by atoms with E-state index in [1.165, 1.54) is 17.8 Å². The highest BCUT2D eigenvalue weighted by Gasteiger charge is 2.28. The number of hydrogen-bond acceptors (Lipinski definition) is 5. The molecule has 1 aliphatic heterocycles. The van der Waals surface area contributed by atoms with E-state index in [4.69, 9.17) is 12.2 Å². The Balaban J connectivity index is 1.85. The first-order valence-corrected chi connectivity index (χ1v) is 10.3. The number of thiocarbonyl (C=S) groups is 1. The number of nitrogens with zero attached hydrogens (tertiary/aromatic N) is 2. The number of benzene rings is 2. The second-order valence-electron chi connectivity index (χ2n) is 6.64. The quantitative estimate of drug-likeness (QED) is 0.433. The van der Waals surface area contributed by atoms with E-state index < -0.39 is 10.2 Å². The van der Waals surface area contributed by atoms with Gasteiger partial charge < -0.3 is 10.2 Å². The summed E-state index contributed by atoms with van der Waals surface area (Å²) in [5.41, 5.74) is 1.64. The number of anilines is 1. The van der Waals surface area contributed by atoms with Crippen molar-refractivity contribution in [1.29, 1.82) is 0 Å². The normalized spacial score (nSPS) is 14.5. The summed E-state index contributed by atoms with van der Waals surface area (Å²) in [6.07, 6.45) is 2.19. The molecular weight excluding hydrogens is 394 g/mol. The third-order valence-electron chi connectivity index (χ3n) is 4.53. The van der Waals surface area contributed by atoms with Crippen molar-refractivity contribution in [2.45, 2.75) is 25.0 Å². The molecule has 28 heavy (non-hydrogen) atoms. The maximum absolute atomic E-state index is 13.1. The fourth-order valence-corrected chi connectivity index (χ4v) is 4.54. The van der Waals surface area contributed by atoms with Crippen LogP contribution in [0.1, 0.15) is 29.2 Å². The molecule has 6 nitrogen and oxygen atoms in total. The fraction of sp³-hybridized carbons (Fsp3) is 0.300. The number of nitro groups is 1. The molecule has 0 unspecified atom stereocenters. The molecule has 0 spiro atoms. The number of nitrogens with one attached hydrogen (secondary N) is 1. The highest BCUT2D eigenvalue weighted by molar-refractivity contribution is 8.23. The molecule has 1 amide bonds. The second-order valence-corrected chi connectivity index (χ2v) is 8.37. The van der Waals surface area contributed by atoms with Crippen molar-refractivity contribution in [3.63, 3.8) is 0 Å². The highest BCUT2D eigenvalue weighted by atomic mass is 32.2. The molecule has 1 aliphatic rings. The van der Waals surface area contributed by atoms with Gasteiger partial charge in [0.05, 0.1) is 4.92 Å². The molecule has 8 heteroatoms. The van der Waals surface area contributed by atoms with Gasteiger partial charge in [0, 0.05) is 19.2 Å². The first-order valence-electron chi connectivity index (χ1n) is 9.02. The van der Waals surface area contributed by atoms with Crippen LogP contribution in [0, 0.1) is 17.0 Å². The first kappa shape index (κ1) is 20.3. The van der Waals surface area contributed by atoms with Gasteiger partial charge >= 0.3 is 0 Å². The Hall–Kier alpha value is -2.45. The first-order chi connectivity index (χ1) is 13.5. The van der Waals surface area contributed by atoms with E-state index in [1.54, 1.807) is 19.1 Å². The van der Waals surface area contributed by atoms with E-state index in [-0.39, 0.29) is 17.3 Å². The summed E-state index contributed by atoms with van der Waals surface area (Å²) < 4.78 is 0.680. The monoisotopic (exact) mass is 415 g/mol. The zero-order valence-electron chi connectivity index (χ0n) is 15.5. The summed E-state index contributed by atoms with van der Waals surface area (Å²) >= 11 is 6.87. The number of aryl methyl sites for hydroxylation is 1. The Kier molecular flexibility index (Phi) is 6.64. The van der Waals surface area contributed by atoms with E-state index >= 15 is 0 Å². The zero-order chi connectivity index (χ0) is 20.1. The van der Waals surface area contributed by atoms with Crippen LogP contribution in [0.25, 0.3) is 0 Å². The lowest BCUT2D eigenvalue weighted by atomic mass is 10.1. The predicted molar refractivity (Wildman–Crippen MR) is 117 cm³/mol. The van der Waals surface area contributed by atoms with Crippen molar-refractivity contribution >= 4 is 45.6 Å². The van der Waals surface area contributed by atoms with Crippen LogP contribution in [0.15, 0.2) is 48.5 Å². The van der Waals surface area contributed by atoms with Crippen LogP contribution in [-0.4, -0.2) is 33.1 Å². The lowest BCUT2D eigenvalue weighted by molar-refractivity contribution is -0.384. The van der Waals surface area contributed by atoms with Gasteiger partial charge in [-0.15, -0.1) is 0 Å².